The molecule has 0 fully saturated rings. The summed E-state index contributed by atoms with van der Waals surface area (Å²) >= 11 is 8.53. The van der Waals surface area contributed by atoms with Crippen LogP contribution in [0, 0.1) is 5.92 Å². The van der Waals surface area contributed by atoms with Crippen molar-refractivity contribution in [3.8, 4) is 0 Å². The largest absolute Gasteiger partial charge is 0.342 e. The number of rotatable bonds is 8. The Morgan fingerprint density at radius 1 is 1.23 bits per heavy atom. The Labute approximate surface area is 187 Å². The first kappa shape index (κ1) is 22.3. The third-order valence-electron chi connectivity index (χ3n) is 4.22. The Morgan fingerprint density at radius 3 is 2.60 bits per heavy atom. The molecule has 0 aliphatic carbocycles. The van der Waals surface area contributed by atoms with Gasteiger partial charge in [-0.15, -0.1) is 21.5 Å². The van der Waals surface area contributed by atoms with Gasteiger partial charge in [0.1, 0.15) is 0 Å². The fourth-order valence-corrected chi connectivity index (χ4v) is 4.04. The third-order valence-corrected chi connectivity index (χ3v) is 6.18. The van der Waals surface area contributed by atoms with Gasteiger partial charge in [0.2, 0.25) is 5.91 Å². The van der Waals surface area contributed by atoms with Crippen molar-refractivity contribution in [3.63, 3.8) is 0 Å². The van der Waals surface area contributed by atoms with E-state index in [9.17, 15) is 9.59 Å². The van der Waals surface area contributed by atoms with Gasteiger partial charge in [-0.3, -0.25) is 9.59 Å². The minimum absolute atomic E-state index is 0.0789. The number of hydrogen-bond donors (Lipinski definition) is 2. The molecule has 0 bridgehead atoms. The Kier molecular flexibility index (Phi) is 7.46. The normalized spacial score (nSPS) is 12.0. The molecular weight excluding hydrogens is 444 g/mol. The summed E-state index contributed by atoms with van der Waals surface area (Å²) in [5.41, 5.74) is 0.515. The molecule has 0 aliphatic rings. The van der Waals surface area contributed by atoms with Gasteiger partial charge in [0.05, 0.1) is 11.8 Å². The number of anilines is 1. The molecular formula is C19H21ClN6O2S2. The van der Waals surface area contributed by atoms with E-state index in [2.05, 4.69) is 25.8 Å². The lowest BCUT2D eigenvalue weighted by molar-refractivity contribution is -0.113. The van der Waals surface area contributed by atoms with Crippen molar-refractivity contribution >= 4 is 51.6 Å². The van der Waals surface area contributed by atoms with E-state index in [4.69, 9.17) is 11.6 Å². The molecule has 2 heterocycles. The summed E-state index contributed by atoms with van der Waals surface area (Å²) in [6, 6.07) is 6.36. The third kappa shape index (κ3) is 5.59. The molecule has 2 N–H and O–H groups in total. The fourth-order valence-electron chi connectivity index (χ4n) is 2.65. The van der Waals surface area contributed by atoms with E-state index in [1.165, 1.54) is 23.1 Å². The number of aromatic nitrogens is 4. The van der Waals surface area contributed by atoms with Gasteiger partial charge in [0.15, 0.2) is 16.1 Å². The zero-order valence-electron chi connectivity index (χ0n) is 16.6. The van der Waals surface area contributed by atoms with E-state index < -0.39 is 0 Å². The molecule has 3 rings (SSSR count). The number of halogens is 1. The predicted octanol–water partition coefficient (Wildman–Crippen LogP) is 3.78. The van der Waals surface area contributed by atoms with Crippen molar-refractivity contribution in [3.05, 3.63) is 52.3 Å². The second-order valence-corrected chi connectivity index (χ2v) is 9.05. The van der Waals surface area contributed by atoms with Crippen molar-refractivity contribution < 1.29 is 9.59 Å². The first-order valence-corrected chi connectivity index (χ1v) is 11.4. The molecule has 30 heavy (non-hydrogen) atoms. The number of benzene rings is 1. The van der Waals surface area contributed by atoms with Crippen LogP contribution in [-0.2, 0) is 11.8 Å². The monoisotopic (exact) mass is 464 g/mol. The van der Waals surface area contributed by atoms with E-state index in [1.807, 2.05) is 20.9 Å². The molecule has 2 aromatic heterocycles. The molecule has 0 aliphatic heterocycles. The molecule has 11 heteroatoms. The molecule has 1 atom stereocenters. The minimum Gasteiger partial charge on any atom is -0.342 e. The van der Waals surface area contributed by atoms with Gasteiger partial charge in [-0.25, -0.2) is 4.98 Å². The first-order chi connectivity index (χ1) is 14.3. The molecule has 0 radical (unpaired) electrons. The smallest absolute Gasteiger partial charge is 0.251 e. The average Bonchev–Trinajstić information content (AvgIpc) is 3.34. The number of carbonyl (C=O) groups is 2. The van der Waals surface area contributed by atoms with E-state index in [0.29, 0.717) is 26.7 Å². The summed E-state index contributed by atoms with van der Waals surface area (Å²) in [7, 11) is 1.82. The number of thiazole rings is 1. The maximum Gasteiger partial charge on any atom is 0.251 e. The molecule has 0 saturated carbocycles. The number of carbonyl (C=O) groups excluding carboxylic acids is 2. The lowest BCUT2D eigenvalue weighted by Gasteiger charge is -2.21. The van der Waals surface area contributed by atoms with Crippen molar-refractivity contribution in [1.82, 2.24) is 25.1 Å². The zero-order valence-corrected chi connectivity index (χ0v) is 19.0. The molecule has 0 spiro atoms. The summed E-state index contributed by atoms with van der Waals surface area (Å²) in [4.78, 5) is 28.8. The highest BCUT2D eigenvalue weighted by Gasteiger charge is 2.25. The van der Waals surface area contributed by atoms with Crippen LogP contribution in [0.25, 0.3) is 0 Å². The summed E-state index contributed by atoms with van der Waals surface area (Å²) < 4.78 is 1.80. The molecule has 8 nitrogen and oxygen atoms in total. The number of nitrogens with one attached hydrogen (secondary N) is 2. The molecule has 158 valence electrons. The zero-order chi connectivity index (χ0) is 21.7. The van der Waals surface area contributed by atoms with Crippen LogP contribution in [0.4, 0.5) is 5.13 Å². The lowest BCUT2D eigenvalue weighted by Crippen LogP contribution is -2.33. The van der Waals surface area contributed by atoms with Crippen LogP contribution in [0.15, 0.2) is 41.0 Å². The first-order valence-electron chi connectivity index (χ1n) is 9.13. The second-order valence-electron chi connectivity index (χ2n) is 6.78. The van der Waals surface area contributed by atoms with Crippen molar-refractivity contribution in [2.75, 3.05) is 11.1 Å². The van der Waals surface area contributed by atoms with Gasteiger partial charge in [-0.2, -0.15) is 0 Å². The van der Waals surface area contributed by atoms with Crippen molar-refractivity contribution in [2.24, 2.45) is 13.0 Å². The number of amides is 2. The van der Waals surface area contributed by atoms with Crippen LogP contribution in [-0.4, -0.2) is 37.3 Å². The maximum atomic E-state index is 12.7. The van der Waals surface area contributed by atoms with Crippen molar-refractivity contribution in [2.45, 2.75) is 25.0 Å². The Morgan fingerprint density at radius 2 is 1.97 bits per heavy atom. The maximum absolute atomic E-state index is 12.7. The Balaban J connectivity index is 1.67. The van der Waals surface area contributed by atoms with Crippen LogP contribution in [0.1, 0.15) is 36.1 Å². The predicted molar refractivity (Wildman–Crippen MR) is 119 cm³/mol. The van der Waals surface area contributed by atoms with Crippen LogP contribution >= 0.6 is 34.7 Å². The van der Waals surface area contributed by atoms with E-state index in [0.717, 1.165) is 0 Å². The van der Waals surface area contributed by atoms with Crippen LogP contribution in [0.3, 0.4) is 0 Å². The van der Waals surface area contributed by atoms with Gasteiger partial charge in [-0.1, -0.05) is 37.2 Å². The molecule has 3 aromatic rings. The van der Waals surface area contributed by atoms with Gasteiger partial charge < -0.3 is 15.2 Å². The van der Waals surface area contributed by atoms with Crippen LogP contribution in [0.2, 0.25) is 5.02 Å². The molecule has 0 saturated heterocycles. The lowest BCUT2D eigenvalue weighted by atomic mass is 10.0. The SMILES string of the molecule is CC(C)[C@@H](NC(=O)c1ccc(Cl)cc1)c1nnc(SCC(=O)Nc2nccs2)n1C. The van der Waals surface area contributed by atoms with Crippen LogP contribution < -0.4 is 10.6 Å². The minimum atomic E-state index is -0.343. The summed E-state index contributed by atoms with van der Waals surface area (Å²) in [6.45, 7) is 3.99. The standard InChI is InChI=1S/C19H21ClN6O2S2/c1-11(2)15(23-17(28)12-4-6-13(20)7-5-12)16-24-25-19(26(16)3)30-10-14(27)22-18-21-8-9-29-18/h4-9,11,15H,10H2,1-3H3,(H,23,28)(H,21,22,27)/t15-/m1/s1. The van der Waals surface area contributed by atoms with Crippen LogP contribution in [0.5, 0.6) is 0 Å². The highest BCUT2D eigenvalue weighted by atomic mass is 35.5. The Bertz CT molecular complexity index is 1000. The summed E-state index contributed by atoms with van der Waals surface area (Å²) in [5, 5.41) is 17.7. The molecule has 1 aromatic carbocycles. The number of hydrogen-bond acceptors (Lipinski definition) is 7. The topological polar surface area (TPSA) is 102 Å². The van der Waals surface area contributed by atoms with Crippen molar-refractivity contribution in [1.29, 1.82) is 0 Å². The van der Waals surface area contributed by atoms with Gasteiger partial charge in [0.25, 0.3) is 5.91 Å². The van der Waals surface area contributed by atoms with E-state index in [1.54, 1.807) is 40.4 Å². The van der Waals surface area contributed by atoms with Gasteiger partial charge in [-0.05, 0) is 30.2 Å². The molecule has 0 unspecified atom stereocenters. The number of nitrogens with zero attached hydrogens (tertiary/aromatic N) is 4. The van der Waals surface area contributed by atoms with Gasteiger partial charge >= 0.3 is 0 Å². The van der Waals surface area contributed by atoms with Gasteiger partial charge in [0, 0.05) is 29.2 Å². The second kappa shape index (κ2) is 10.1. The Hall–Kier alpha value is -2.43. The highest BCUT2D eigenvalue weighted by Crippen LogP contribution is 2.25. The van der Waals surface area contributed by atoms with E-state index in [-0.39, 0.29) is 29.5 Å². The highest BCUT2D eigenvalue weighted by molar-refractivity contribution is 7.99. The average molecular weight is 465 g/mol. The van der Waals surface area contributed by atoms with E-state index >= 15 is 0 Å². The molecule has 2 amide bonds. The number of thioether (sulfide) groups is 1. The summed E-state index contributed by atoms with van der Waals surface area (Å²) in [6.07, 6.45) is 1.63. The fraction of sp³-hybridized carbons (Fsp3) is 0.316. The quantitative estimate of drug-likeness (QED) is 0.492. The summed E-state index contributed by atoms with van der Waals surface area (Å²) in [5.74, 6) is 0.487.